The van der Waals surface area contributed by atoms with Gasteiger partial charge in [-0.2, -0.15) is 0 Å². The van der Waals surface area contributed by atoms with E-state index in [0.29, 0.717) is 23.8 Å². The predicted octanol–water partition coefficient (Wildman–Crippen LogP) is 2.57. The molecule has 1 aromatic heterocycles. The molecule has 17 heavy (non-hydrogen) atoms. The van der Waals surface area contributed by atoms with Gasteiger partial charge in [-0.3, -0.25) is 0 Å². The molecular formula is C12H16O4S. The molecule has 0 spiro atoms. The van der Waals surface area contributed by atoms with Crippen LogP contribution in [0.1, 0.15) is 34.3 Å². The largest absolute Gasteiger partial charge is 0.486 e. The van der Waals surface area contributed by atoms with E-state index in [9.17, 15) is 4.79 Å². The molecule has 2 heterocycles. The molecule has 4 nitrogen and oxygen atoms in total. The molecule has 1 aliphatic heterocycles. The number of carbonyl (C=O) groups is 1. The van der Waals surface area contributed by atoms with Gasteiger partial charge in [-0.1, -0.05) is 13.3 Å². The molecule has 1 atom stereocenters. The van der Waals surface area contributed by atoms with Gasteiger partial charge in [0, 0.05) is 11.3 Å². The molecule has 0 saturated carbocycles. The van der Waals surface area contributed by atoms with Crippen LogP contribution in [0.25, 0.3) is 0 Å². The number of aromatic carboxylic acids is 1. The maximum absolute atomic E-state index is 11.1. The van der Waals surface area contributed by atoms with E-state index in [4.69, 9.17) is 14.6 Å². The first kappa shape index (κ1) is 12.4. The third kappa shape index (κ3) is 2.98. The van der Waals surface area contributed by atoms with Gasteiger partial charge in [0.05, 0.1) is 13.2 Å². The highest BCUT2D eigenvalue weighted by molar-refractivity contribution is 7.14. The average molecular weight is 256 g/mol. The van der Waals surface area contributed by atoms with Crippen LogP contribution in [0.4, 0.5) is 0 Å². The third-order valence-corrected chi connectivity index (χ3v) is 3.79. The highest BCUT2D eigenvalue weighted by Gasteiger charge is 2.22. The minimum atomic E-state index is -0.911. The lowest BCUT2D eigenvalue weighted by Crippen LogP contribution is -2.16. The van der Waals surface area contributed by atoms with Crippen LogP contribution in [0.3, 0.4) is 0 Å². The van der Waals surface area contributed by atoms with Crippen molar-refractivity contribution in [2.45, 2.75) is 32.3 Å². The molecule has 0 radical (unpaired) electrons. The molecule has 1 N–H and O–H groups in total. The van der Waals surface area contributed by atoms with Crippen LogP contribution < -0.4 is 4.74 Å². The number of hydrogen-bond donors (Lipinski definition) is 1. The Hall–Kier alpha value is -1.07. The van der Waals surface area contributed by atoms with Crippen molar-refractivity contribution in [2.24, 2.45) is 0 Å². The van der Waals surface area contributed by atoms with Gasteiger partial charge in [0.25, 0.3) is 0 Å². The van der Waals surface area contributed by atoms with E-state index in [1.54, 1.807) is 0 Å². The van der Waals surface area contributed by atoms with E-state index in [1.807, 2.05) is 6.07 Å². The first-order valence-corrected chi connectivity index (χ1v) is 6.62. The quantitative estimate of drug-likeness (QED) is 0.879. The van der Waals surface area contributed by atoms with E-state index in [2.05, 4.69) is 6.92 Å². The Bertz CT molecular complexity index is 393. The van der Waals surface area contributed by atoms with Gasteiger partial charge in [0.2, 0.25) is 0 Å². The maximum atomic E-state index is 11.1. The summed E-state index contributed by atoms with van der Waals surface area (Å²) in [5.41, 5.74) is 0. The zero-order valence-corrected chi connectivity index (χ0v) is 10.6. The highest BCUT2D eigenvalue weighted by atomic mass is 32.1. The zero-order chi connectivity index (χ0) is 12.3. The third-order valence-electron chi connectivity index (χ3n) is 2.62. The Morgan fingerprint density at radius 1 is 1.71 bits per heavy atom. The summed E-state index contributed by atoms with van der Waals surface area (Å²) in [6, 6.07) is 1.86. The normalized spacial score (nSPS) is 19.5. The van der Waals surface area contributed by atoms with Gasteiger partial charge in [0.1, 0.15) is 11.9 Å². The molecule has 5 heteroatoms. The van der Waals surface area contributed by atoms with Crippen molar-refractivity contribution in [3.63, 3.8) is 0 Å². The van der Waals surface area contributed by atoms with Gasteiger partial charge >= 0.3 is 5.97 Å². The molecule has 0 aromatic carbocycles. The Kier molecular flexibility index (Phi) is 4.02. The SMILES string of the molecule is CCCc1cc(OC2CCOC2)c(C(=O)O)s1. The number of carboxylic acid groups (broad SMARTS) is 1. The van der Waals surface area contributed by atoms with Crippen molar-refractivity contribution in [1.29, 1.82) is 0 Å². The number of ether oxygens (including phenoxy) is 2. The Morgan fingerprint density at radius 2 is 2.53 bits per heavy atom. The van der Waals surface area contributed by atoms with Gasteiger partial charge < -0.3 is 14.6 Å². The fraction of sp³-hybridized carbons (Fsp3) is 0.583. The number of rotatable bonds is 5. The molecule has 2 rings (SSSR count). The second kappa shape index (κ2) is 5.51. The van der Waals surface area contributed by atoms with Crippen LogP contribution in [0, 0.1) is 0 Å². The average Bonchev–Trinajstić information content (AvgIpc) is 2.89. The van der Waals surface area contributed by atoms with Gasteiger partial charge in [-0.25, -0.2) is 4.79 Å². The summed E-state index contributed by atoms with van der Waals surface area (Å²) >= 11 is 1.31. The molecule has 1 aromatic rings. The molecule has 0 amide bonds. The molecule has 0 bridgehead atoms. The lowest BCUT2D eigenvalue weighted by Gasteiger charge is -2.10. The lowest BCUT2D eigenvalue weighted by molar-refractivity contribution is 0.0693. The molecule has 0 aliphatic carbocycles. The van der Waals surface area contributed by atoms with Crippen LogP contribution in [-0.2, 0) is 11.2 Å². The molecule has 1 unspecified atom stereocenters. The monoisotopic (exact) mass is 256 g/mol. The van der Waals surface area contributed by atoms with Crippen LogP contribution >= 0.6 is 11.3 Å². The van der Waals surface area contributed by atoms with Crippen LogP contribution in [0.15, 0.2) is 6.07 Å². The van der Waals surface area contributed by atoms with Gasteiger partial charge in [-0.15, -0.1) is 11.3 Å². The van der Waals surface area contributed by atoms with Gasteiger partial charge in [-0.05, 0) is 12.5 Å². The van der Waals surface area contributed by atoms with Crippen LogP contribution in [0.2, 0.25) is 0 Å². The Morgan fingerprint density at radius 3 is 3.12 bits per heavy atom. The summed E-state index contributed by atoms with van der Waals surface area (Å²) in [5.74, 6) is -0.410. The number of hydrogen-bond acceptors (Lipinski definition) is 4. The summed E-state index contributed by atoms with van der Waals surface area (Å²) in [6.45, 7) is 3.32. The van der Waals surface area contributed by atoms with Crippen molar-refractivity contribution in [1.82, 2.24) is 0 Å². The van der Waals surface area contributed by atoms with Crippen molar-refractivity contribution in [3.05, 3.63) is 15.8 Å². The minimum Gasteiger partial charge on any atom is -0.486 e. The molecule has 94 valence electrons. The number of carboxylic acids is 1. The fourth-order valence-electron chi connectivity index (χ4n) is 1.81. The summed E-state index contributed by atoms with van der Waals surface area (Å²) < 4.78 is 10.9. The van der Waals surface area contributed by atoms with E-state index in [1.165, 1.54) is 11.3 Å². The lowest BCUT2D eigenvalue weighted by atomic mass is 10.2. The second-order valence-corrected chi connectivity index (χ2v) is 5.20. The molecule has 1 saturated heterocycles. The molecule has 1 aliphatic rings. The van der Waals surface area contributed by atoms with Crippen molar-refractivity contribution in [2.75, 3.05) is 13.2 Å². The zero-order valence-electron chi connectivity index (χ0n) is 9.77. The second-order valence-electron chi connectivity index (χ2n) is 4.06. The number of aryl methyl sites for hydroxylation is 1. The van der Waals surface area contributed by atoms with Crippen molar-refractivity contribution in [3.8, 4) is 5.75 Å². The van der Waals surface area contributed by atoms with Crippen LogP contribution in [-0.4, -0.2) is 30.4 Å². The summed E-state index contributed by atoms with van der Waals surface area (Å²) in [4.78, 5) is 12.5. The van der Waals surface area contributed by atoms with E-state index < -0.39 is 5.97 Å². The minimum absolute atomic E-state index is 0.00261. The van der Waals surface area contributed by atoms with Crippen LogP contribution in [0.5, 0.6) is 5.75 Å². The summed E-state index contributed by atoms with van der Waals surface area (Å²) in [6.07, 6.45) is 2.73. The van der Waals surface area contributed by atoms with E-state index in [0.717, 1.165) is 24.1 Å². The van der Waals surface area contributed by atoms with Crippen molar-refractivity contribution >= 4 is 17.3 Å². The fourth-order valence-corrected chi connectivity index (χ4v) is 2.84. The van der Waals surface area contributed by atoms with E-state index >= 15 is 0 Å². The van der Waals surface area contributed by atoms with Gasteiger partial charge in [0.15, 0.2) is 4.88 Å². The van der Waals surface area contributed by atoms with E-state index in [-0.39, 0.29) is 6.10 Å². The first-order chi connectivity index (χ1) is 8.20. The highest BCUT2D eigenvalue weighted by Crippen LogP contribution is 2.32. The predicted molar refractivity (Wildman–Crippen MR) is 65.1 cm³/mol. The van der Waals surface area contributed by atoms with Crippen molar-refractivity contribution < 1.29 is 19.4 Å². The summed E-state index contributed by atoms with van der Waals surface area (Å²) in [7, 11) is 0. The Labute approximate surface area is 104 Å². The molecule has 1 fully saturated rings. The molecular weight excluding hydrogens is 240 g/mol. The summed E-state index contributed by atoms with van der Waals surface area (Å²) in [5, 5.41) is 9.12. The maximum Gasteiger partial charge on any atom is 0.349 e. The Balaban J connectivity index is 2.14. The smallest absolute Gasteiger partial charge is 0.349 e. The standard InChI is InChI=1S/C12H16O4S/c1-2-3-9-6-10(11(17-9)12(13)14)16-8-4-5-15-7-8/h6,8H,2-5,7H2,1H3,(H,13,14). The first-order valence-electron chi connectivity index (χ1n) is 5.81. The number of thiophene rings is 1. The topological polar surface area (TPSA) is 55.8 Å².